The lowest BCUT2D eigenvalue weighted by Gasteiger charge is -2.38. The van der Waals surface area contributed by atoms with Gasteiger partial charge in [0.15, 0.2) is 0 Å². The zero-order chi connectivity index (χ0) is 17.9. The highest BCUT2D eigenvalue weighted by Gasteiger charge is 2.27. The van der Waals surface area contributed by atoms with Gasteiger partial charge in [0.05, 0.1) is 14.7 Å². The Morgan fingerprint density at radius 2 is 2.08 bits per heavy atom. The third kappa shape index (κ3) is 4.54. The van der Waals surface area contributed by atoms with Crippen LogP contribution in [0.5, 0.6) is 0 Å². The van der Waals surface area contributed by atoms with E-state index in [1.54, 1.807) is 6.92 Å². The lowest BCUT2D eigenvalue weighted by Crippen LogP contribution is -2.49. The van der Waals surface area contributed by atoms with E-state index < -0.39 is 4.92 Å². The number of hydrogen-bond donors (Lipinski definition) is 1. The van der Waals surface area contributed by atoms with Gasteiger partial charge in [0.1, 0.15) is 0 Å². The van der Waals surface area contributed by atoms with Crippen LogP contribution in [-0.2, 0) is 0 Å². The van der Waals surface area contributed by atoms with Gasteiger partial charge in [-0.15, -0.1) is 11.3 Å². The van der Waals surface area contributed by atoms with Gasteiger partial charge in [-0.3, -0.25) is 19.8 Å². The summed E-state index contributed by atoms with van der Waals surface area (Å²) in [5.74, 6) is 1.00. The van der Waals surface area contributed by atoms with Crippen LogP contribution in [-0.4, -0.2) is 41.4 Å². The summed E-state index contributed by atoms with van der Waals surface area (Å²) in [6, 6.07) is 1.68. The maximum atomic E-state index is 12.4. The smallest absolute Gasteiger partial charge is 0.283 e. The molecular weight excluding hydrogens is 326 g/mol. The standard InChI is InChI=1S/C17H27N3O3S/c1-11(2)15(19-7-5-12(3)6-8-19)10-18-17(21)16-9-14(20(22)23)13(4)24-16/h9,11-12,15H,5-8,10H2,1-4H3,(H,18,21). The fourth-order valence-electron chi connectivity index (χ4n) is 3.20. The van der Waals surface area contributed by atoms with Crippen molar-refractivity contribution in [3.8, 4) is 0 Å². The number of thiophene rings is 1. The Bertz CT molecular complexity index is 592. The predicted molar refractivity (Wildman–Crippen MR) is 96.6 cm³/mol. The van der Waals surface area contributed by atoms with Crippen LogP contribution in [0.25, 0.3) is 0 Å². The second-order valence-electron chi connectivity index (χ2n) is 7.05. The van der Waals surface area contributed by atoms with Crippen molar-refractivity contribution in [2.45, 2.75) is 46.6 Å². The van der Waals surface area contributed by atoms with E-state index in [0.29, 0.717) is 28.3 Å². The number of nitrogens with zero attached hydrogens (tertiary/aromatic N) is 2. The van der Waals surface area contributed by atoms with Crippen LogP contribution >= 0.6 is 11.3 Å². The molecule has 0 aliphatic carbocycles. The van der Waals surface area contributed by atoms with Crippen molar-refractivity contribution in [2.24, 2.45) is 11.8 Å². The van der Waals surface area contributed by atoms with Gasteiger partial charge in [0, 0.05) is 18.7 Å². The van der Waals surface area contributed by atoms with E-state index in [9.17, 15) is 14.9 Å². The van der Waals surface area contributed by atoms with E-state index in [-0.39, 0.29) is 11.6 Å². The monoisotopic (exact) mass is 353 g/mol. The summed E-state index contributed by atoms with van der Waals surface area (Å²) in [5.41, 5.74) is 0.0237. The normalized spacial score (nSPS) is 17.9. The number of likely N-dealkylation sites (tertiary alicyclic amines) is 1. The van der Waals surface area contributed by atoms with Crippen molar-refractivity contribution < 1.29 is 9.72 Å². The van der Waals surface area contributed by atoms with Gasteiger partial charge in [-0.25, -0.2) is 0 Å². The van der Waals surface area contributed by atoms with Crippen molar-refractivity contribution in [3.63, 3.8) is 0 Å². The second-order valence-corrected chi connectivity index (χ2v) is 8.31. The van der Waals surface area contributed by atoms with Gasteiger partial charge in [-0.1, -0.05) is 20.8 Å². The third-order valence-electron chi connectivity index (χ3n) is 4.84. The fourth-order valence-corrected chi connectivity index (χ4v) is 4.10. The number of rotatable bonds is 6. The number of hydrogen-bond acceptors (Lipinski definition) is 5. The molecule has 0 radical (unpaired) electrons. The molecule has 1 saturated heterocycles. The highest BCUT2D eigenvalue weighted by molar-refractivity contribution is 7.14. The van der Waals surface area contributed by atoms with E-state index in [0.717, 1.165) is 19.0 Å². The first-order chi connectivity index (χ1) is 11.3. The van der Waals surface area contributed by atoms with E-state index in [2.05, 4.69) is 31.0 Å². The van der Waals surface area contributed by atoms with E-state index in [1.807, 2.05) is 0 Å². The first-order valence-corrected chi connectivity index (χ1v) is 9.38. The number of amides is 1. The summed E-state index contributed by atoms with van der Waals surface area (Å²) in [4.78, 5) is 26.3. The minimum atomic E-state index is -0.436. The zero-order valence-electron chi connectivity index (χ0n) is 14.9. The molecule has 1 amide bonds. The number of carbonyl (C=O) groups is 1. The quantitative estimate of drug-likeness (QED) is 0.628. The summed E-state index contributed by atoms with van der Waals surface area (Å²) in [7, 11) is 0. The van der Waals surface area contributed by atoms with Crippen LogP contribution < -0.4 is 5.32 Å². The molecule has 1 aromatic heterocycles. The molecule has 0 saturated carbocycles. The molecule has 0 aromatic carbocycles. The van der Waals surface area contributed by atoms with Gasteiger partial charge in [-0.05, 0) is 44.7 Å². The molecule has 0 bridgehead atoms. The molecule has 1 aromatic rings. The van der Waals surface area contributed by atoms with Gasteiger partial charge >= 0.3 is 0 Å². The Kier molecular flexibility index (Phi) is 6.34. The predicted octanol–water partition coefficient (Wildman–Crippen LogP) is 3.45. The van der Waals surface area contributed by atoms with Crippen molar-refractivity contribution in [1.29, 1.82) is 0 Å². The molecule has 0 spiro atoms. The van der Waals surface area contributed by atoms with Gasteiger partial charge in [0.25, 0.3) is 11.6 Å². The van der Waals surface area contributed by atoms with E-state index in [4.69, 9.17) is 0 Å². The number of aryl methyl sites for hydroxylation is 1. The molecule has 2 heterocycles. The summed E-state index contributed by atoms with van der Waals surface area (Å²) >= 11 is 1.18. The van der Waals surface area contributed by atoms with Crippen LogP contribution in [0.4, 0.5) is 5.69 Å². The first kappa shape index (κ1) is 18.9. The topological polar surface area (TPSA) is 75.5 Å². The van der Waals surface area contributed by atoms with Crippen LogP contribution in [0.3, 0.4) is 0 Å². The molecule has 1 N–H and O–H groups in total. The van der Waals surface area contributed by atoms with Crippen LogP contribution in [0, 0.1) is 28.9 Å². The molecule has 2 rings (SSSR count). The van der Waals surface area contributed by atoms with Gasteiger partial charge in [-0.2, -0.15) is 0 Å². The number of nitro groups is 1. The molecule has 7 heteroatoms. The third-order valence-corrected chi connectivity index (χ3v) is 5.88. The summed E-state index contributed by atoms with van der Waals surface area (Å²) in [6.45, 7) is 11.0. The maximum absolute atomic E-state index is 12.4. The molecule has 24 heavy (non-hydrogen) atoms. The van der Waals surface area contributed by atoms with Crippen molar-refractivity contribution in [3.05, 3.63) is 25.9 Å². The Hall–Kier alpha value is -1.47. The van der Waals surface area contributed by atoms with Crippen molar-refractivity contribution >= 4 is 22.9 Å². The molecule has 1 unspecified atom stereocenters. The van der Waals surface area contributed by atoms with Crippen molar-refractivity contribution in [2.75, 3.05) is 19.6 Å². The summed E-state index contributed by atoms with van der Waals surface area (Å²) < 4.78 is 0. The molecular formula is C17H27N3O3S. The molecule has 1 fully saturated rings. The Labute approximate surface area is 147 Å². The molecule has 1 aliphatic heterocycles. The molecule has 1 aliphatic rings. The number of carbonyl (C=O) groups excluding carboxylic acids is 1. The molecule has 1 atom stereocenters. The van der Waals surface area contributed by atoms with Crippen LogP contribution in [0.15, 0.2) is 6.07 Å². The minimum Gasteiger partial charge on any atom is -0.350 e. The minimum absolute atomic E-state index is 0.0237. The average Bonchev–Trinajstić information content (AvgIpc) is 2.91. The molecule has 6 nitrogen and oxygen atoms in total. The maximum Gasteiger partial charge on any atom is 0.283 e. The molecule has 134 valence electrons. The number of nitrogens with one attached hydrogen (secondary N) is 1. The van der Waals surface area contributed by atoms with Gasteiger partial charge < -0.3 is 5.32 Å². The Balaban J connectivity index is 1.97. The Morgan fingerprint density at radius 1 is 1.46 bits per heavy atom. The summed E-state index contributed by atoms with van der Waals surface area (Å²) in [6.07, 6.45) is 2.40. The van der Waals surface area contributed by atoms with Crippen LogP contribution in [0.2, 0.25) is 0 Å². The highest BCUT2D eigenvalue weighted by atomic mass is 32.1. The second kappa shape index (κ2) is 8.07. The zero-order valence-corrected chi connectivity index (χ0v) is 15.7. The average molecular weight is 353 g/mol. The fraction of sp³-hybridized carbons (Fsp3) is 0.706. The van der Waals surface area contributed by atoms with Crippen molar-refractivity contribution in [1.82, 2.24) is 10.2 Å². The van der Waals surface area contributed by atoms with Gasteiger partial charge in [0.2, 0.25) is 0 Å². The van der Waals surface area contributed by atoms with E-state index >= 15 is 0 Å². The van der Waals surface area contributed by atoms with E-state index in [1.165, 1.54) is 30.2 Å². The number of piperidine rings is 1. The lowest BCUT2D eigenvalue weighted by atomic mass is 9.94. The lowest BCUT2D eigenvalue weighted by molar-refractivity contribution is -0.385. The van der Waals surface area contributed by atoms with Crippen LogP contribution in [0.1, 0.15) is 48.2 Å². The highest BCUT2D eigenvalue weighted by Crippen LogP contribution is 2.28. The summed E-state index contributed by atoms with van der Waals surface area (Å²) in [5, 5.41) is 13.9. The SMILES string of the molecule is Cc1sc(C(=O)NCC(C(C)C)N2CCC(C)CC2)cc1[N+](=O)[O-]. The largest absolute Gasteiger partial charge is 0.350 e. The first-order valence-electron chi connectivity index (χ1n) is 8.56. The Morgan fingerprint density at radius 3 is 2.58 bits per heavy atom.